The van der Waals surface area contributed by atoms with Crippen LogP contribution in [0.4, 0.5) is 5.13 Å². The number of nitrogens with zero attached hydrogens (tertiary/aromatic N) is 4. The van der Waals surface area contributed by atoms with Crippen molar-refractivity contribution in [2.24, 2.45) is 0 Å². The highest BCUT2D eigenvalue weighted by Gasteiger charge is 2.09. The van der Waals surface area contributed by atoms with Crippen LogP contribution in [-0.4, -0.2) is 25.5 Å². The molecule has 0 bridgehead atoms. The lowest BCUT2D eigenvalue weighted by atomic mass is 10.3. The van der Waals surface area contributed by atoms with Crippen LogP contribution in [0.2, 0.25) is 0 Å². The number of pyridine rings is 1. The maximum atomic E-state index is 12.0. The molecule has 3 rings (SSSR count). The molecule has 0 aliphatic carbocycles. The molecular formula is C15H15N5O2S2. The summed E-state index contributed by atoms with van der Waals surface area (Å²) in [5, 5.41) is 11.2. The Kier molecular flexibility index (Phi) is 5.21. The van der Waals surface area contributed by atoms with Gasteiger partial charge in [0.1, 0.15) is 5.65 Å². The van der Waals surface area contributed by atoms with E-state index in [4.69, 9.17) is 0 Å². The molecule has 24 heavy (non-hydrogen) atoms. The van der Waals surface area contributed by atoms with Crippen LogP contribution in [0.15, 0.2) is 39.6 Å². The Morgan fingerprint density at radius 1 is 1.38 bits per heavy atom. The van der Waals surface area contributed by atoms with E-state index in [0.29, 0.717) is 28.6 Å². The van der Waals surface area contributed by atoms with Gasteiger partial charge < -0.3 is 5.32 Å². The summed E-state index contributed by atoms with van der Waals surface area (Å²) >= 11 is 2.75. The van der Waals surface area contributed by atoms with E-state index in [0.717, 1.165) is 10.8 Å². The molecule has 0 spiro atoms. The van der Waals surface area contributed by atoms with Gasteiger partial charge in [-0.2, -0.15) is 0 Å². The molecule has 0 aliphatic rings. The molecule has 0 saturated heterocycles. The first-order valence-electron chi connectivity index (χ1n) is 7.39. The van der Waals surface area contributed by atoms with Crippen LogP contribution in [0.3, 0.4) is 0 Å². The van der Waals surface area contributed by atoms with Gasteiger partial charge in [-0.25, -0.2) is 4.98 Å². The zero-order valence-electron chi connectivity index (χ0n) is 12.9. The SMILES string of the molecule is CCCC(=O)Nc1nnc(SCc2cc(=O)n3ccccc3n2)s1. The second-order valence-corrected chi connectivity index (χ2v) is 7.17. The molecule has 3 heterocycles. The minimum atomic E-state index is -0.110. The van der Waals surface area contributed by atoms with Gasteiger partial charge in [0.25, 0.3) is 5.56 Å². The van der Waals surface area contributed by atoms with Crippen LogP contribution >= 0.6 is 23.1 Å². The van der Waals surface area contributed by atoms with Gasteiger partial charge in [0.15, 0.2) is 4.34 Å². The number of rotatable bonds is 6. The second-order valence-electron chi connectivity index (χ2n) is 4.97. The highest BCUT2D eigenvalue weighted by Crippen LogP contribution is 2.27. The number of hydrogen-bond acceptors (Lipinski definition) is 7. The number of thioether (sulfide) groups is 1. The number of anilines is 1. The first-order valence-corrected chi connectivity index (χ1v) is 9.19. The van der Waals surface area contributed by atoms with Crippen molar-refractivity contribution in [3.05, 3.63) is 46.5 Å². The minimum Gasteiger partial charge on any atom is -0.301 e. The Labute approximate surface area is 146 Å². The first kappa shape index (κ1) is 16.6. The van der Waals surface area contributed by atoms with Crippen LogP contribution in [0, 0.1) is 0 Å². The van der Waals surface area contributed by atoms with Crippen molar-refractivity contribution in [2.75, 3.05) is 5.32 Å². The first-order chi connectivity index (χ1) is 11.7. The third kappa shape index (κ3) is 3.98. The van der Waals surface area contributed by atoms with Crippen LogP contribution in [0.5, 0.6) is 0 Å². The molecule has 0 radical (unpaired) electrons. The van der Waals surface area contributed by atoms with Gasteiger partial charge in [-0.05, 0) is 18.6 Å². The molecule has 0 fully saturated rings. The third-order valence-corrected chi connectivity index (χ3v) is 5.10. The smallest absolute Gasteiger partial charge is 0.258 e. The van der Waals surface area contributed by atoms with E-state index in [-0.39, 0.29) is 11.5 Å². The predicted octanol–water partition coefficient (Wildman–Crippen LogP) is 2.58. The van der Waals surface area contributed by atoms with Gasteiger partial charge in [0, 0.05) is 24.4 Å². The molecule has 7 nitrogen and oxygen atoms in total. The minimum absolute atomic E-state index is 0.0607. The van der Waals surface area contributed by atoms with Gasteiger partial charge in [0.2, 0.25) is 11.0 Å². The zero-order chi connectivity index (χ0) is 16.9. The molecule has 3 aromatic heterocycles. The Morgan fingerprint density at radius 3 is 3.08 bits per heavy atom. The molecular weight excluding hydrogens is 346 g/mol. The van der Waals surface area contributed by atoms with E-state index in [1.807, 2.05) is 13.0 Å². The normalized spacial score (nSPS) is 10.9. The van der Waals surface area contributed by atoms with E-state index >= 15 is 0 Å². The molecule has 1 amide bonds. The topological polar surface area (TPSA) is 89.2 Å². The zero-order valence-corrected chi connectivity index (χ0v) is 14.6. The Hall–Kier alpha value is -2.26. The van der Waals surface area contributed by atoms with Gasteiger partial charge in [0.05, 0.1) is 5.69 Å². The summed E-state index contributed by atoms with van der Waals surface area (Å²) in [4.78, 5) is 28.0. The standard InChI is InChI=1S/C15H15N5O2S2/c1-2-5-12(21)17-14-18-19-15(24-14)23-9-10-8-13(22)20-7-4-3-6-11(20)16-10/h3-4,6-8H,2,5,9H2,1H3,(H,17,18,21). The molecule has 124 valence electrons. The molecule has 0 aromatic carbocycles. The van der Waals surface area contributed by atoms with Gasteiger partial charge in [-0.1, -0.05) is 36.1 Å². The summed E-state index contributed by atoms with van der Waals surface area (Å²) < 4.78 is 2.22. The van der Waals surface area contributed by atoms with Crippen molar-refractivity contribution < 1.29 is 4.79 Å². The van der Waals surface area contributed by atoms with Crippen molar-refractivity contribution >= 4 is 39.8 Å². The van der Waals surface area contributed by atoms with Crippen molar-refractivity contribution in [3.8, 4) is 0 Å². The van der Waals surface area contributed by atoms with Crippen molar-refractivity contribution in [2.45, 2.75) is 29.9 Å². The fourth-order valence-corrected chi connectivity index (χ4v) is 3.70. The van der Waals surface area contributed by atoms with E-state index in [9.17, 15) is 9.59 Å². The lowest BCUT2D eigenvalue weighted by Gasteiger charge is -2.02. The van der Waals surface area contributed by atoms with Crippen LogP contribution in [0.1, 0.15) is 25.5 Å². The molecule has 0 aliphatic heterocycles. The number of nitrogens with one attached hydrogen (secondary N) is 1. The molecule has 0 atom stereocenters. The lowest BCUT2D eigenvalue weighted by molar-refractivity contribution is -0.116. The van der Waals surface area contributed by atoms with Crippen LogP contribution in [0.25, 0.3) is 5.65 Å². The quantitative estimate of drug-likeness (QED) is 0.536. The number of carbonyl (C=O) groups excluding carboxylic acids is 1. The van der Waals surface area contributed by atoms with Gasteiger partial charge >= 0.3 is 0 Å². The fraction of sp³-hybridized carbons (Fsp3) is 0.267. The molecule has 0 unspecified atom stereocenters. The Morgan fingerprint density at radius 2 is 2.25 bits per heavy atom. The highest BCUT2D eigenvalue weighted by molar-refractivity contribution is 8.00. The van der Waals surface area contributed by atoms with Gasteiger partial charge in [-0.15, -0.1) is 10.2 Å². The largest absolute Gasteiger partial charge is 0.301 e. The van der Waals surface area contributed by atoms with E-state index in [1.54, 1.807) is 18.3 Å². The number of amides is 1. The third-order valence-electron chi connectivity index (χ3n) is 3.10. The summed E-state index contributed by atoms with van der Waals surface area (Å²) in [5.74, 6) is 0.451. The maximum Gasteiger partial charge on any atom is 0.258 e. The van der Waals surface area contributed by atoms with Crippen LogP contribution < -0.4 is 10.9 Å². The molecule has 1 N–H and O–H groups in total. The monoisotopic (exact) mass is 361 g/mol. The Bertz CT molecular complexity index is 921. The summed E-state index contributed by atoms with van der Waals surface area (Å²) in [6.45, 7) is 1.94. The summed E-state index contributed by atoms with van der Waals surface area (Å²) in [6.07, 6.45) is 2.94. The number of hydrogen-bond donors (Lipinski definition) is 1. The fourth-order valence-electron chi connectivity index (χ4n) is 2.04. The number of carbonyl (C=O) groups is 1. The van der Waals surface area contributed by atoms with E-state index in [2.05, 4.69) is 20.5 Å². The highest BCUT2D eigenvalue weighted by atomic mass is 32.2. The van der Waals surface area contributed by atoms with Gasteiger partial charge in [-0.3, -0.25) is 14.0 Å². The average molecular weight is 361 g/mol. The summed E-state index contributed by atoms with van der Waals surface area (Å²) in [7, 11) is 0. The summed E-state index contributed by atoms with van der Waals surface area (Å²) in [6, 6.07) is 6.95. The summed E-state index contributed by atoms with van der Waals surface area (Å²) in [5.41, 5.74) is 1.19. The van der Waals surface area contributed by atoms with Crippen molar-refractivity contribution in [1.29, 1.82) is 0 Å². The predicted molar refractivity (Wildman–Crippen MR) is 94.5 cm³/mol. The van der Waals surface area contributed by atoms with Crippen molar-refractivity contribution in [1.82, 2.24) is 19.6 Å². The maximum absolute atomic E-state index is 12.0. The second kappa shape index (κ2) is 7.54. The number of fused-ring (bicyclic) bond motifs is 1. The average Bonchev–Trinajstić information content (AvgIpc) is 3.00. The van der Waals surface area contributed by atoms with Crippen molar-refractivity contribution in [3.63, 3.8) is 0 Å². The number of aromatic nitrogens is 4. The van der Waals surface area contributed by atoms with Crippen LogP contribution in [-0.2, 0) is 10.5 Å². The Balaban J connectivity index is 1.67. The molecule has 9 heteroatoms. The van der Waals surface area contributed by atoms with E-state index < -0.39 is 0 Å². The van der Waals surface area contributed by atoms with E-state index in [1.165, 1.54) is 33.6 Å². The molecule has 0 saturated carbocycles. The molecule has 3 aromatic rings. The lowest BCUT2D eigenvalue weighted by Crippen LogP contribution is -2.14.